The molecule has 0 amide bonds. The zero-order chi connectivity index (χ0) is 13.2. The van der Waals surface area contributed by atoms with Crippen molar-refractivity contribution in [3.05, 3.63) is 0 Å². The highest BCUT2D eigenvalue weighted by Gasteiger charge is 2.14. The lowest BCUT2D eigenvalue weighted by atomic mass is 10.1. The average molecular weight is 256 g/mol. The minimum Gasteiger partial charge on any atom is -0.465 e. The lowest BCUT2D eigenvalue weighted by Gasteiger charge is -2.20. The predicted octanol–water partition coefficient (Wildman–Crippen LogP) is 1.65. The fourth-order valence-corrected chi connectivity index (χ4v) is 2.27. The second kappa shape index (κ2) is 9.34. The third-order valence-electron chi connectivity index (χ3n) is 3.29. The normalized spacial score (nSPS) is 17.9. The fraction of sp³-hybridized carbons (Fsp3) is 0.929. The molecule has 1 heterocycles. The van der Waals surface area contributed by atoms with Crippen LogP contribution < -0.4 is 5.32 Å². The van der Waals surface area contributed by atoms with Crippen LogP contribution in [0.4, 0.5) is 0 Å². The fourth-order valence-electron chi connectivity index (χ4n) is 2.27. The zero-order valence-corrected chi connectivity index (χ0v) is 11.9. The predicted molar refractivity (Wildman–Crippen MR) is 73.6 cm³/mol. The molecule has 1 rings (SSSR count). The molecule has 0 bridgehead atoms. The van der Waals surface area contributed by atoms with Crippen LogP contribution >= 0.6 is 0 Å². The maximum Gasteiger partial charge on any atom is 0.319 e. The van der Waals surface area contributed by atoms with Gasteiger partial charge in [0.05, 0.1) is 13.2 Å². The summed E-state index contributed by atoms with van der Waals surface area (Å²) in [7, 11) is 0. The summed E-state index contributed by atoms with van der Waals surface area (Å²) in [4.78, 5) is 13.9. The summed E-state index contributed by atoms with van der Waals surface area (Å²) >= 11 is 0. The van der Waals surface area contributed by atoms with Crippen LogP contribution in [0.1, 0.15) is 39.5 Å². The first kappa shape index (κ1) is 15.4. The van der Waals surface area contributed by atoms with Crippen molar-refractivity contribution in [3.63, 3.8) is 0 Å². The van der Waals surface area contributed by atoms with Gasteiger partial charge >= 0.3 is 5.97 Å². The molecular formula is C14H28N2O2. The molecule has 18 heavy (non-hydrogen) atoms. The Morgan fingerprint density at radius 1 is 1.39 bits per heavy atom. The molecule has 0 aliphatic carbocycles. The van der Waals surface area contributed by atoms with Crippen molar-refractivity contribution < 1.29 is 9.53 Å². The summed E-state index contributed by atoms with van der Waals surface area (Å²) in [6.45, 7) is 9.72. The zero-order valence-electron chi connectivity index (χ0n) is 11.9. The summed E-state index contributed by atoms with van der Waals surface area (Å²) in [6, 6.07) is 0. The van der Waals surface area contributed by atoms with Crippen LogP contribution in [-0.4, -0.2) is 50.2 Å². The summed E-state index contributed by atoms with van der Waals surface area (Å²) in [5.74, 6) is 0.461. The third-order valence-corrected chi connectivity index (χ3v) is 3.29. The third kappa shape index (κ3) is 6.97. The number of hydrogen-bond donors (Lipinski definition) is 1. The molecule has 4 nitrogen and oxygen atoms in total. The Morgan fingerprint density at radius 2 is 2.11 bits per heavy atom. The van der Waals surface area contributed by atoms with Crippen molar-refractivity contribution >= 4 is 5.97 Å². The van der Waals surface area contributed by atoms with Crippen LogP contribution in [0.2, 0.25) is 0 Å². The SMILES string of the molecule is CCCCOC(=O)CNCC(C)CN1CCCC1. The van der Waals surface area contributed by atoms with Gasteiger partial charge in [0.25, 0.3) is 0 Å². The summed E-state index contributed by atoms with van der Waals surface area (Å²) < 4.78 is 5.09. The molecule has 1 N–H and O–H groups in total. The maximum absolute atomic E-state index is 11.3. The molecule has 1 saturated heterocycles. The molecule has 106 valence electrons. The van der Waals surface area contributed by atoms with Gasteiger partial charge in [-0.15, -0.1) is 0 Å². The number of likely N-dealkylation sites (tertiary alicyclic amines) is 1. The Kier molecular flexibility index (Phi) is 8.01. The molecule has 0 saturated carbocycles. The second-order valence-corrected chi connectivity index (χ2v) is 5.32. The van der Waals surface area contributed by atoms with E-state index in [1.165, 1.54) is 25.9 Å². The van der Waals surface area contributed by atoms with E-state index >= 15 is 0 Å². The standard InChI is InChI=1S/C14H28N2O2/c1-3-4-9-18-14(17)11-15-10-13(2)12-16-7-5-6-8-16/h13,15H,3-12H2,1-2H3. The van der Waals surface area contributed by atoms with Gasteiger partial charge in [-0.1, -0.05) is 20.3 Å². The Morgan fingerprint density at radius 3 is 2.78 bits per heavy atom. The lowest BCUT2D eigenvalue weighted by Crippen LogP contribution is -2.34. The van der Waals surface area contributed by atoms with E-state index in [1.807, 2.05) is 0 Å². The Labute approximate surface area is 111 Å². The van der Waals surface area contributed by atoms with Crippen LogP contribution in [0.25, 0.3) is 0 Å². The Balaban J connectivity index is 1.97. The van der Waals surface area contributed by atoms with Gasteiger partial charge in [0.1, 0.15) is 0 Å². The Hall–Kier alpha value is -0.610. The molecule has 1 aliphatic rings. The number of nitrogens with one attached hydrogen (secondary N) is 1. The van der Waals surface area contributed by atoms with E-state index in [1.54, 1.807) is 0 Å². The Bertz CT molecular complexity index is 228. The molecule has 1 atom stereocenters. The van der Waals surface area contributed by atoms with Crippen LogP contribution in [0, 0.1) is 5.92 Å². The monoisotopic (exact) mass is 256 g/mol. The number of carbonyl (C=O) groups excluding carboxylic acids is 1. The van der Waals surface area contributed by atoms with E-state index in [-0.39, 0.29) is 5.97 Å². The quantitative estimate of drug-likeness (QED) is 0.503. The van der Waals surface area contributed by atoms with Crippen LogP contribution in [0.3, 0.4) is 0 Å². The number of carbonyl (C=O) groups is 1. The van der Waals surface area contributed by atoms with Crippen molar-refractivity contribution in [1.82, 2.24) is 10.2 Å². The minimum absolute atomic E-state index is 0.128. The van der Waals surface area contributed by atoms with Crippen molar-refractivity contribution in [3.8, 4) is 0 Å². The molecular weight excluding hydrogens is 228 g/mol. The van der Waals surface area contributed by atoms with Crippen molar-refractivity contribution in [2.45, 2.75) is 39.5 Å². The van der Waals surface area contributed by atoms with Gasteiger partial charge in [-0.3, -0.25) is 4.79 Å². The molecule has 1 unspecified atom stereocenters. The molecule has 0 aromatic carbocycles. The highest BCUT2D eigenvalue weighted by molar-refractivity contribution is 5.71. The molecule has 4 heteroatoms. The van der Waals surface area contributed by atoms with Gasteiger partial charge in [-0.05, 0) is 44.8 Å². The van der Waals surface area contributed by atoms with E-state index in [0.717, 1.165) is 25.9 Å². The average Bonchev–Trinajstić information content (AvgIpc) is 2.82. The molecule has 0 spiro atoms. The molecule has 1 fully saturated rings. The molecule has 0 aromatic heterocycles. The summed E-state index contributed by atoms with van der Waals surface area (Å²) in [6.07, 6.45) is 4.69. The van der Waals surface area contributed by atoms with Crippen molar-refractivity contribution in [2.75, 3.05) is 39.3 Å². The largest absolute Gasteiger partial charge is 0.465 e. The first-order valence-electron chi connectivity index (χ1n) is 7.31. The lowest BCUT2D eigenvalue weighted by molar-refractivity contribution is -0.142. The van der Waals surface area contributed by atoms with E-state index in [2.05, 4.69) is 24.1 Å². The summed E-state index contributed by atoms with van der Waals surface area (Å²) in [5.41, 5.74) is 0. The van der Waals surface area contributed by atoms with Crippen LogP contribution in [0.15, 0.2) is 0 Å². The van der Waals surface area contributed by atoms with E-state index in [9.17, 15) is 4.79 Å². The van der Waals surface area contributed by atoms with E-state index in [4.69, 9.17) is 4.74 Å². The van der Waals surface area contributed by atoms with Crippen LogP contribution in [0.5, 0.6) is 0 Å². The van der Waals surface area contributed by atoms with Crippen molar-refractivity contribution in [2.24, 2.45) is 5.92 Å². The number of esters is 1. The highest BCUT2D eigenvalue weighted by Crippen LogP contribution is 2.09. The number of ether oxygens (including phenoxy) is 1. The number of rotatable bonds is 9. The molecule has 1 aliphatic heterocycles. The maximum atomic E-state index is 11.3. The van der Waals surface area contributed by atoms with Gasteiger partial charge in [0.15, 0.2) is 0 Å². The van der Waals surface area contributed by atoms with Gasteiger partial charge in [-0.25, -0.2) is 0 Å². The van der Waals surface area contributed by atoms with E-state index < -0.39 is 0 Å². The van der Waals surface area contributed by atoms with Gasteiger partial charge in [-0.2, -0.15) is 0 Å². The smallest absolute Gasteiger partial charge is 0.319 e. The first-order valence-corrected chi connectivity index (χ1v) is 7.31. The number of unbranched alkanes of at least 4 members (excludes halogenated alkanes) is 1. The van der Waals surface area contributed by atoms with Gasteiger partial charge < -0.3 is 15.0 Å². The van der Waals surface area contributed by atoms with Crippen LogP contribution in [-0.2, 0) is 9.53 Å². The van der Waals surface area contributed by atoms with E-state index in [0.29, 0.717) is 19.1 Å². The topological polar surface area (TPSA) is 41.6 Å². The van der Waals surface area contributed by atoms with Crippen molar-refractivity contribution in [1.29, 1.82) is 0 Å². The highest BCUT2D eigenvalue weighted by atomic mass is 16.5. The summed E-state index contributed by atoms with van der Waals surface area (Å²) in [5, 5.41) is 3.18. The minimum atomic E-state index is -0.128. The van der Waals surface area contributed by atoms with Gasteiger partial charge in [0, 0.05) is 6.54 Å². The molecule has 0 aromatic rings. The number of hydrogen-bond acceptors (Lipinski definition) is 4. The number of nitrogens with zero attached hydrogens (tertiary/aromatic N) is 1. The van der Waals surface area contributed by atoms with Gasteiger partial charge in [0.2, 0.25) is 0 Å². The molecule has 0 radical (unpaired) electrons. The second-order valence-electron chi connectivity index (χ2n) is 5.32. The first-order chi connectivity index (χ1) is 8.72.